The minimum Gasteiger partial charge on any atom is -0.206 e. The maximum atomic E-state index is 16.1. The molecule has 202 valence electrons. The summed E-state index contributed by atoms with van der Waals surface area (Å²) in [5, 5.41) is 12.5. The molecular weight excluding hydrogens is 520 g/mol. The number of benzene rings is 4. The van der Waals surface area contributed by atoms with Gasteiger partial charge in [-0.05, 0) is 74.3 Å². The molecule has 5 aromatic rings. The molecule has 1 aromatic heterocycles. The number of halogens is 1. The Morgan fingerprint density at radius 3 is 2.22 bits per heavy atom. The Hall–Kier alpha value is -4.33. The topological polar surface area (TPSA) is 27.7 Å². The molecule has 1 aliphatic rings. The number of fused-ring (bicyclic) bond motifs is 3. The van der Waals surface area contributed by atoms with Crippen molar-refractivity contribution in [3.63, 3.8) is 0 Å². The second-order valence-electron chi connectivity index (χ2n) is 11.2. The highest BCUT2D eigenvalue weighted by Crippen LogP contribution is 2.39. The monoisotopic (exact) mass is 560 g/mol. The lowest BCUT2D eigenvalue weighted by molar-refractivity contribution is -0.661. The molecule has 2 heterocycles. The molecule has 0 fully saturated rings. The third-order valence-corrected chi connectivity index (χ3v) is 11.8. The van der Waals surface area contributed by atoms with E-state index >= 15 is 4.39 Å². The first-order valence-electron chi connectivity index (χ1n) is 17.0. The molecule has 4 aromatic carbocycles. The van der Waals surface area contributed by atoms with E-state index < -0.39 is 39.1 Å². The van der Waals surface area contributed by atoms with Crippen molar-refractivity contribution < 1.29 is 18.6 Å². The Morgan fingerprint density at radius 2 is 1.51 bits per heavy atom. The average Bonchev–Trinajstić information content (AvgIpc) is 3.26. The van der Waals surface area contributed by atoms with Crippen molar-refractivity contribution in [2.75, 3.05) is 0 Å². The summed E-state index contributed by atoms with van der Waals surface area (Å²) < 4.78 is 73.7. The zero-order valence-electron chi connectivity index (χ0n) is 30.4. The van der Waals surface area contributed by atoms with Crippen molar-refractivity contribution in [2.24, 2.45) is 7.05 Å². The van der Waals surface area contributed by atoms with Crippen LogP contribution in [0, 0.1) is 24.1 Å². The molecule has 0 atom stereocenters. The van der Waals surface area contributed by atoms with Crippen LogP contribution in [0.1, 0.15) is 45.9 Å². The quantitative estimate of drug-likeness (QED) is 0.163. The molecule has 0 aliphatic carbocycles. The van der Waals surface area contributed by atoms with Crippen LogP contribution in [0.15, 0.2) is 91.1 Å². The normalized spacial score (nSPS) is 16.5. The van der Waals surface area contributed by atoms with Crippen molar-refractivity contribution in [1.82, 2.24) is 0 Å². The summed E-state index contributed by atoms with van der Waals surface area (Å²) in [6.45, 7) is -0.273. The fourth-order valence-corrected chi connectivity index (χ4v) is 10.3. The van der Waals surface area contributed by atoms with Crippen LogP contribution in [0.25, 0.3) is 44.6 Å². The SMILES string of the molecule is [2H]C([2H])([2H])C([2H])(c1c[n+](C)c(-c2c(C)ccc3c2[Si](C)(C)c2c-3ccc(C#N)c2-c2cccc(-c3ccccc3)c2)cc1F)C([2H])([2H])[2H]. The Kier molecular flexibility index (Phi) is 4.77. The zero-order valence-corrected chi connectivity index (χ0v) is 24.4. The lowest BCUT2D eigenvalue weighted by atomic mass is 9.91. The van der Waals surface area contributed by atoms with E-state index in [0.29, 0.717) is 11.3 Å². The summed E-state index contributed by atoms with van der Waals surface area (Å²) in [4.78, 5) is 0. The number of aromatic nitrogens is 1. The zero-order chi connectivity index (χ0) is 35.0. The Balaban J connectivity index is 1.59. The van der Waals surface area contributed by atoms with Gasteiger partial charge < -0.3 is 0 Å². The van der Waals surface area contributed by atoms with E-state index in [4.69, 9.17) is 9.60 Å². The molecule has 4 heteroatoms. The predicted octanol–water partition coefficient (Wildman–Crippen LogP) is 7.76. The summed E-state index contributed by atoms with van der Waals surface area (Å²) in [5.41, 5.74) is 7.82. The molecule has 6 rings (SSSR count). The summed E-state index contributed by atoms with van der Waals surface area (Å²) in [6, 6.07) is 29.7. The summed E-state index contributed by atoms with van der Waals surface area (Å²) in [7, 11) is -1.05. The second kappa shape index (κ2) is 9.94. The largest absolute Gasteiger partial charge is 0.215 e. The minimum absolute atomic E-state index is 0.436. The van der Waals surface area contributed by atoms with Gasteiger partial charge in [0.05, 0.1) is 17.2 Å². The van der Waals surface area contributed by atoms with E-state index in [2.05, 4.69) is 49.5 Å². The van der Waals surface area contributed by atoms with Crippen LogP contribution in [-0.4, -0.2) is 8.07 Å². The van der Waals surface area contributed by atoms with Crippen LogP contribution in [0.5, 0.6) is 0 Å². The number of hydrogen-bond acceptors (Lipinski definition) is 1. The van der Waals surface area contributed by atoms with E-state index in [1.807, 2.05) is 55.5 Å². The van der Waals surface area contributed by atoms with E-state index in [-0.39, 0.29) is 0 Å². The van der Waals surface area contributed by atoms with Crippen molar-refractivity contribution in [3.05, 3.63) is 114 Å². The first-order chi connectivity index (χ1) is 22.4. The van der Waals surface area contributed by atoms with Crippen LogP contribution < -0.4 is 14.9 Å². The molecule has 0 bridgehead atoms. The van der Waals surface area contributed by atoms with Crippen LogP contribution in [-0.2, 0) is 7.05 Å². The average molecular weight is 561 g/mol. The fraction of sp³-hybridized carbons (Fsp3) is 0.189. The Labute approximate surface area is 253 Å². The molecule has 0 saturated heterocycles. The molecule has 0 saturated carbocycles. The van der Waals surface area contributed by atoms with E-state index in [0.717, 1.165) is 67.1 Å². The first-order valence-corrected chi connectivity index (χ1v) is 16.5. The van der Waals surface area contributed by atoms with Gasteiger partial charge in [0, 0.05) is 21.2 Å². The van der Waals surface area contributed by atoms with Crippen LogP contribution in [0.4, 0.5) is 4.39 Å². The van der Waals surface area contributed by atoms with Gasteiger partial charge in [-0.15, -0.1) is 0 Å². The van der Waals surface area contributed by atoms with Gasteiger partial charge in [0.25, 0.3) is 0 Å². The molecule has 0 unspecified atom stereocenters. The van der Waals surface area contributed by atoms with Gasteiger partial charge in [-0.25, -0.2) is 8.96 Å². The lowest BCUT2D eigenvalue weighted by Crippen LogP contribution is -2.52. The standard InChI is InChI=1S/C37H34FN2Si/c1-23(2)31-22-40(4)33(20-32(31)38)34-24(3)15-17-29-30-18-16-28(21-39)35(37(30)41(5,6)36(29)34)27-14-10-13-26(19-27)25-11-8-7-9-12-25/h7-20,22-23H,1-6H3/q+1/i1D3,2D3,23D. The molecule has 0 spiro atoms. The van der Waals surface area contributed by atoms with Gasteiger partial charge >= 0.3 is 0 Å². The molecule has 0 radical (unpaired) electrons. The Morgan fingerprint density at radius 1 is 0.854 bits per heavy atom. The van der Waals surface area contributed by atoms with Crippen LogP contribution in [0.2, 0.25) is 13.1 Å². The Bertz CT molecular complexity index is 2140. The van der Waals surface area contributed by atoms with Crippen LogP contribution in [0.3, 0.4) is 0 Å². The summed E-state index contributed by atoms with van der Waals surface area (Å²) >= 11 is 0. The molecule has 2 nitrogen and oxygen atoms in total. The highest BCUT2D eigenvalue weighted by atomic mass is 28.3. The lowest BCUT2D eigenvalue weighted by Gasteiger charge is -2.25. The van der Waals surface area contributed by atoms with Gasteiger partial charge in [0.2, 0.25) is 5.69 Å². The van der Waals surface area contributed by atoms with Gasteiger partial charge in [-0.2, -0.15) is 5.26 Å². The van der Waals surface area contributed by atoms with Crippen molar-refractivity contribution >= 4 is 18.4 Å². The predicted molar refractivity (Wildman–Crippen MR) is 170 cm³/mol. The molecule has 0 N–H and O–H groups in total. The number of pyridine rings is 1. The highest BCUT2D eigenvalue weighted by Gasteiger charge is 2.44. The highest BCUT2D eigenvalue weighted by molar-refractivity contribution is 7.05. The van der Waals surface area contributed by atoms with E-state index in [1.54, 1.807) is 7.05 Å². The van der Waals surface area contributed by atoms with Crippen molar-refractivity contribution in [3.8, 4) is 50.7 Å². The summed E-state index contributed by atoms with van der Waals surface area (Å²) in [5.74, 6) is -4.24. The number of nitrogens with zero attached hydrogens (tertiary/aromatic N) is 2. The molecule has 1 aliphatic heterocycles. The molecular formula is C37H34FN2Si+. The van der Waals surface area contributed by atoms with Gasteiger partial charge in [-0.3, -0.25) is 0 Å². The van der Waals surface area contributed by atoms with E-state index in [9.17, 15) is 5.26 Å². The molecule has 0 amide bonds. The number of nitriles is 1. The second-order valence-corrected chi connectivity index (χ2v) is 15.4. The maximum Gasteiger partial charge on any atom is 0.215 e. The number of hydrogen-bond donors (Lipinski definition) is 0. The van der Waals surface area contributed by atoms with Crippen LogP contribution >= 0.6 is 0 Å². The van der Waals surface area contributed by atoms with Gasteiger partial charge in [-0.1, -0.05) is 93.5 Å². The smallest absolute Gasteiger partial charge is 0.206 e. The molecule has 41 heavy (non-hydrogen) atoms. The van der Waals surface area contributed by atoms with Gasteiger partial charge in [0.1, 0.15) is 20.9 Å². The third kappa shape index (κ3) is 4.24. The fourth-order valence-electron chi connectivity index (χ4n) is 6.45. The number of aryl methyl sites for hydroxylation is 2. The number of rotatable bonds is 4. The third-order valence-electron chi connectivity index (χ3n) is 8.29. The summed E-state index contributed by atoms with van der Waals surface area (Å²) in [6.07, 6.45) is 1.14. The van der Waals surface area contributed by atoms with E-state index in [1.165, 1.54) is 4.57 Å². The maximum absolute atomic E-state index is 16.1. The minimum atomic E-state index is -3.32. The van der Waals surface area contributed by atoms with Crippen molar-refractivity contribution in [1.29, 1.82) is 5.26 Å². The first kappa shape index (κ1) is 19.7. The van der Waals surface area contributed by atoms with Crippen molar-refractivity contribution in [2.45, 2.75) is 39.6 Å². The van der Waals surface area contributed by atoms with Gasteiger partial charge in [0.15, 0.2) is 6.20 Å².